The highest BCUT2D eigenvalue weighted by Crippen LogP contribution is 2.27. The van der Waals surface area contributed by atoms with Crippen LogP contribution in [0.3, 0.4) is 0 Å². The number of benzene rings is 1. The molecule has 1 atom stereocenters. The summed E-state index contributed by atoms with van der Waals surface area (Å²) in [6.07, 6.45) is 4.41. The zero-order chi connectivity index (χ0) is 22.1. The molecule has 0 saturated carbocycles. The van der Waals surface area contributed by atoms with Crippen molar-refractivity contribution in [1.82, 2.24) is 14.5 Å². The van der Waals surface area contributed by atoms with Gasteiger partial charge in [0.15, 0.2) is 0 Å². The molecule has 1 aliphatic rings. The van der Waals surface area contributed by atoms with Crippen LogP contribution in [0, 0.1) is 12.7 Å². The largest absolute Gasteiger partial charge is 0.338 e. The zero-order valence-electron chi connectivity index (χ0n) is 17.4. The summed E-state index contributed by atoms with van der Waals surface area (Å²) < 4.78 is 14.4. The van der Waals surface area contributed by atoms with Crippen LogP contribution in [0.15, 0.2) is 35.4 Å². The fourth-order valence-corrected chi connectivity index (χ4v) is 4.95. The van der Waals surface area contributed by atoms with Gasteiger partial charge in [-0.15, -0.1) is 11.3 Å². The van der Waals surface area contributed by atoms with Crippen molar-refractivity contribution in [3.05, 3.63) is 57.2 Å². The molecule has 1 aliphatic heterocycles. The number of nitrogens with one attached hydrogen (secondary N) is 1. The highest BCUT2D eigenvalue weighted by atomic mass is 32.1. The molecule has 7 nitrogen and oxygen atoms in total. The van der Waals surface area contributed by atoms with E-state index in [1.807, 2.05) is 11.8 Å². The molecule has 1 N–H and O–H groups in total. The number of aromatic nitrogens is 2. The van der Waals surface area contributed by atoms with E-state index in [0.29, 0.717) is 32.9 Å². The molecule has 0 aliphatic carbocycles. The highest BCUT2D eigenvalue weighted by molar-refractivity contribution is 7.20. The van der Waals surface area contributed by atoms with E-state index in [1.165, 1.54) is 35.2 Å². The summed E-state index contributed by atoms with van der Waals surface area (Å²) in [6, 6.07) is 5.61. The number of fused-ring (bicyclic) bond motifs is 1. The van der Waals surface area contributed by atoms with Gasteiger partial charge in [-0.2, -0.15) is 0 Å². The lowest BCUT2D eigenvalue weighted by molar-refractivity contribution is -0.135. The quantitative estimate of drug-likeness (QED) is 0.670. The average Bonchev–Trinajstić information content (AvgIpc) is 3.09. The summed E-state index contributed by atoms with van der Waals surface area (Å²) in [6.45, 7) is 4.35. The SMILES string of the molecule is Cc1c(C(=O)Nc2ccc(F)cc2)sc2ncn(CC(=O)N3CCCC[C@@H]3C)c(=O)c12. The number of likely N-dealkylation sites (tertiary alicyclic amines) is 1. The van der Waals surface area contributed by atoms with Crippen molar-refractivity contribution in [3.8, 4) is 0 Å². The number of nitrogens with zero attached hydrogens (tertiary/aromatic N) is 3. The van der Waals surface area contributed by atoms with Crippen LogP contribution in [-0.2, 0) is 11.3 Å². The molecule has 9 heteroatoms. The van der Waals surface area contributed by atoms with Gasteiger partial charge in [-0.3, -0.25) is 19.0 Å². The van der Waals surface area contributed by atoms with Crippen LogP contribution in [0.1, 0.15) is 41.4 Å². The Kier molecular flexibility index (Phi) is 5.86. The van der Waals surface area contributed by atoms with Crippen molar-refractivity contribution in [2.45, 2.75) is 45.7 Å². The molecular formula is C22H23FN4O3S. The van der Waals surface area contributed by atoms with E-state index in [9.17, 15) is 18.8 Å². The molecule has 31 heavy (non-hydrogen) atoms. The van der Waals surface area contributed by atoms with E-state index in [0.717, 1.165) is 30.6 Å². The Morgan fingerprint density at radius 3 is 2.71 bits per heavy atom. The molecule has 1 aromatic carbocycles. The first-order chi connectivity index (χ1) is 14.8. The van der Waals surface area contributed by atoms with E-state index < -0.39 is 11.7 Å². The smallest absolute Gasteiger partial charge is 0.266 e. The Morgan fingerprint density at radius 1 is 1.26 bits per heavy atom. The number of hydrogen-bond donors (Lipinski definition) is 1. The van der Waals surface area contributed by atoms with Crippen LogP contribution in [0.2, 0.25) is 0 Å². The molecule has 2 aromatic heterocycles. The van der Waals surface area contributed by atoms with Crippen LogP contribution >= 0.6 is 11.3 Å². The molecule has 3 aromatic rings. The lowest BCUT2D eigenvalue weighted by atomic mass is 10.0. The van der Waals surface area contributed by atoms with E-state index in [2.05, 4.69) is 10.3 Å². The lowest BCUT2D eigenvalue weighted by Crippen LogP contribution is -2.44. The van der Waals surface area contributed by atoms with Crippen LogP contribution in [0.4, 0.5) is 10.1 Å². The van der Waals surface area contributed by atoms with Gasteiger partial charge in [-0.1, -0.05) is 0 Å². The van der Waals surface area contributed by atoms with Gasteiger partial charge < -0.3 is 10.2 Å². The number of anilines is 1. The molecule has 0 radical (unpaired) electrons. The van der Waals surface area contributed by atoms with Gasteiger partial charge in [0.1, 0.15) is 17.2 Å². The van der Waals surface area contributed by atoms with Crippen molar-refractivity contribution in [2.75, 3.05) is 11.9 Å². The minimum atomic E-state index is -0.394. The normalized spacial score (nSPS) is 16.5. The first-order valence-corrected chi connectivity index (χ1v) is 11.0. The number of hydrogen-bond acceptors (Lipinski definition) is 5. The Bertz CT molecular complexity index is 1200. The van der Waals surface area contributed by atoms with Crippen LogP contribution in [0.25, 0.3) is 10.2 Å². The summed E-state index contributed by atoms with van der Waals surface area (Å²) in [5.74, 6) is -0.886. The lowest BCUT2D eigenvalue weighted by Gasteiger charge is -2.33. The zero-order valence-corrected chi connectivity index (χ0v) is 18.2. The number of carbonyl (C=O) groups is 2. The maximum atomic E-state index is 13.1. The Labute approximate surface area is 182 Å². The number of rotatable bonds is 4. The second-order valence-corrected chi connectivity index (χ2v) is 8.81. The van der Waals surface area contributed by atoms with Gasteiger partial charge in [0.2, 0.25) is 5.91 Å². The van der Waals surface area contributed by atoms with Crippen molar-refractivity contribution in [1.29, 1.82) is 0 Å². The number of carbonyl (C=O) groups excluding carboxylic acids is 2. The van der Waals surface area contributed by atoms with Crippen molar-refractivity contribution in [2.24, 2.45) is 0 Å². The molecule has 2 amide bonds. The molecule has 0 spiro atoms. The topological polar surface area (TPSA) is 84.3 Å². The monoisotopic (exact) mass is 442 g/mol. The third kappa shape index (κ3) is 4.23. The van der Waals surface area contributed by atoms with Gasteiger partial charge in [-0.05, 0) is 62.9 Å². The van der Waals surface area contributed by atoms with Crippen molar-refractivity contribution < 1.29 is 14.0 Å². The molecule has 3 heterocycles. The molecule has 0 unspecified atom stereocenters. The summed E-state index contributed by atoms with van der Waals surface area (Å²) in [4.78, 5) is 45.5. The maximum Gasteiger partial charge on any atom is 0.266 e. The molecule has 4 rings (SSSR count). The van der Waals surface area contributed by atoms with Crippen LogP contribution in [-0.4, -0.2) is 38.9 Å². The Balaban J connectivity index is 1.60. The highest BCUT2D eigenvalue weighted by Gasteiger charge is 2.25. The second kappa shape index (κ2) is 8.58. The molecular weight excluding hydrogens is 419 g/mol. The van der Waals surface area contributed by atoms with Gasteiger partial charge in [0.25, 0.3) is 11.5 Å². The van der Waals surface area contributed by atoms with E-state index in [4.69, 9.17) is 0 Å². The third-order valence-corrected chi connectivity index (χ3v) is 6.85. The number of piperidine rings is 1. The fraction of sp³-hybridized carbons (Fsp3) is 0.364. The van der Waals surface area contributed by atoms with Gasteiger partial charge in [0.05, 0.1) is 16.6 Å². The summed E-state index contributed by atoms with van der Waals surface area (Å²) in [5, 5.41) is 3.05. The number of halogens is 1. The number of thiophene rings is 1. The van der Waals surface area contributed by atoms with Crippen molar-refractivity contribution >= 4 is 39.1 Å². The van der Waals surface area contributed by atoms with Crippen LogP contribution < -0.4 is 10.9 Å². The summed E-state index contributed by atoms with van der Waals surface area (Å²) >= 11 is 1.12. The molecule has 162 valence electrons. The summed E-state index contributed by atoms with van der Waals surface area (Å²) in [5.41, 5.74) is 0.637. The predicted molar refractivity (Wildman–Crippen MR) is 118 cm³/mol. The summed E-state index contributed by atoms with van der Waals surface area (Å²) in [7, 11) is 0. The number of amides is 2. The first-order valence-electron chi connectivity index (χ1n) is 10.2. The third-order valence-electron chi connectivity index (χ3n) is 5.65. The van der Waals surface area contributed by atoms with Gasteiger partial charge in [-0.25, -0.2) is 9.37 Å². The van der Waals surface area contributed by atoms with E-state index in [1.54, 1.807) is 6.92 Å². The average molecular weight is 443 g/mol. The van der Waals surface area contributed by atoms with Crippen molar-refractivity contribution in [3.63, 3.8) is 0 Å². The maximum absolute atomic E-state index is 13.1. The van der Waals surface area contributed by atoms with Gasteiger partial charge in [0, 0.05) is 18.3 Å². The predicted octanol–water partition coefficient (Wildman–Crippen LogP) is 3.56. The standard InChI is InChI=1S/C22H23FN4O3S/c1-13-5-3-4-10-27(13)17(28)11-26-12-24-21-18(22(26)30)14(2)19(31-21)20(29)25-16-8-6-15(23)7-9-16/h6-9,12-13H,3-5,10-11H2,1-2H3,(H,25,29)/t13-/m0/s1. The Hall–Kier alpha value is -3.07. The Morgan fingerprint density at radius 2 is 2.00 bits per heavy atom. The fourth-order valence-electron chi connectivity index (χ4n) is 3.91. The molecule has 1 saturated heterocycles. The second-order valence-electron chi connectivity index (χ2n) is 7.81. The molecule has 1 fully saturated rings. The minimum absolute atomic E-state index is 0.0709. The first kappa shape index (κ1) is 21.2. The van der Waals surface area contributed by atoms with E-state index >= 15 is 0 Å². The molecule has 0 bridgehead atoms. The number of aryl methyl sites for hydroxylation is 1. The van der Waals surface area contributed by atoms with Crippen LogP contribution in [0.5, 0.6) is 0 Å². The minimum Gasteiger partial charge on any atom is -0.338 e. The van der Waals surface area contributed by atoms with E-state index in [-0.39, 0.29) is 24.1 Å². The van der Waals surface area contributed by atoms with Gasteiger partial charge >= 0.3 is 0 Å².